The molecule has 0 saturated heterocycles. The minimum atomic E-state index is 0.750. The van der Waals surface area contributed by atoms with Gasteiger partial charge in [0.2, 0.25) is 0 Å². The van der Waals surface area contributed by atoms with Gasteiger partial charge in [0.25, 0.3) is 0 Å². The molecule has 0 amide bonds. The normalized spacial score (nSPS) is 8.67. The van der Waals surface area contributed by atoms with Crippen molar-refractivity contribution in [2.75, 3.05) is 5.73 Å². The summed E-state index contributed by atoms with van der Waals surface area (Å²) in [6.45, 7) is 0. The van der Waals surface area contributed by atoms with Gasteiger partial charge in [0.1, 0.15) is 0 Å². The van der Waals surface area contributed by atoms with Crippen molar-refractivity contribution >= 4 is 17.2 Å². The number of nitrogens with two attached hydrogens (primary N) is 1. The predicted molar refractivity (Wildman–Crippen MR) is 26.5 cm³/mol. The summed E-state index contributed by atoms with van der Waals surface area (Å²) in [6.07, 6.45) is 1.63. The van der Waals surface area contributed by atoms with Crippen molar-refractivity contribution in [3.05, 3.63) is 11.6 Å². The average molecular weight is 100 g/mol. The van der Waals surface area contributed by atoms with Crippen molar-refractivity contribution in [2.45, 2.75) is 0 Å². The molecule has 2 N–H and O–H groups in total. The molecule has 0 spiro atoms. The van der Waals surface area contributed by atoms with Crippen LogP contribution in [0.3, 0.4) is 0 Å². The number of rotatable bonds is 0. The second-order valence-electron chi connectivity index (χ2n) is 0.958. The molecule has 0 fully saturated rings. The fourth-order valence-electron chi connectivity index (χ4n) is 0.213. The first-order chi connectivity index (χ1) is 2.89. The third-order valence-corrected chi connectivity index (χ3v) is 1.06. The van der Waals surface area contributed by atoms with E-state index in [9.17, 15) is 0 Å². The highest BCUT2D eigenvalue weighted by molar-refractivity contribution is 7.03. The maximum Gasteiger partial charge on any atom is 0.0636 e. The second-order valence-corrected chi connectivity index (χ2v) is 1.62. The molecule has 3 heteroatoms. The number of hydrogen-bond acceptors (Lipinski definition) is 3. The lowest BCUT2D eigenvalue weighted by Gasteiger charge is -1.66. The van der Waals surface area contributed by atoms with Crippen molar-refractivity contribution in [1.29, 1.82) is 0 Å². The summed E-state index contributed by atoms with van der Waals surface area (Å²) in [5.41, 5.74) is 5.98. The van der Waals surface area contributed by atoms with Crippen molar-refractivity contribution in [1.82, 2.24) is 4.37 Å². The summed E-state index contributed by atoms with van der Waals surface area (Å²) < 4.78 is 3.74. The molecule has 0 unspecified atom stereocenters. The Kier molecular flexibility index (Phi) is 0.759. The van der Waals surface area contributed by atoms with E-state index in [2.05, 4.69) is 4.37 Å². The number of anilines is 1. The van der Waals surface area contributed by atoms with Gasteiger partial charge in [-0.15, -0.1) is 0 Å². The summed E-state index contributed by atoms with van der Waals surface area (Å²) in [5, 5.41) is 1.79. The van der Waals surface area contributed by atoms with Crippen LogP contribution in [0, 0.1) is 0 Å². The van der Waals surface area contributed by atoms with Gasteiger partial charge in [0, 0.05) is 5.38 Å². The summed E-state index contributed by atoms with van der Waals surface area (Å²) in [5.74, 6) is 0. The van der Waals surface area contributed by atoms with E-state index < -0.39 is 0 Å². The zero-order chi connectivity index (χ0) is 4.41. The highest BCUT2D eigenvalue weighted by atomic mass is 32.1. The van der Waals surface area contributed by atoms with Crippen molar-refractivity contribution in [2.24, 2.45) is 0 Å². The van der Waals surface area contributed by atoms with Crippen LogP contribution >= 0.6 is 11.5 Å². The third kappa shape index (κ3) is 0.490. The third-order valence-electron chi connectivity index (χ3n) is 0.451. The SMILES string of the molecule is Nc1cnsc1. The van der Waals surface area contributed by atoms with Crippen molar-refractivity contribution in [3.63, 3.8) is 0 Å². The molecule has 1 aromatic heterocycles. The molecule has 0 radical (unpaired) electrons. The number of nitrogen functional groups attached to an aromatic ring is 1. The molecule has 1 heterocycles. The van der Waals surface area contributed by atoms with Crippen LogP contribution in [0.1, 0.15) is 0 Å². The summed E-state index contributed by atoms with van der Waals surface area (Å²) in [6, 6.07) is 0. The molecule has 1 rings (SSSR count). The maximum atomic E-state index is 5.23. The van der Waals surface area contributed by atoms with Crippen LogP contribution in [0.2, 0.25) is 0 Å². The van der Waals surface area contributed by atoms with Crippen molar-refractivity contribution in [3.8, 4) is 0 Å². The molecule has 0 saturated carbocycles. The Hall–Kier alpha value is -0.570. The zero-order valence-electron chi connectivity index (χ0n) is 3.09. The highest BCUT2D eigenvalue weighted by Gasteiger charge is 1.76. The lowest BCUT2D eigenvalue weighted by atomic mass is 10.6. The van der Waals surface area contributed by atoms with Crippen LogP contribution in [-0.2, 0) is 0 Å². The lowest BCUT2D eigenvalue weighted by Crippen LogP contribution is -1.75. The molecule has 0 atom stereocenters. The van der Waals surface area contributed by atoms with Gasteiger partial charge in [-0.3, -0.25) is 0 Å². The Balaban J connectivity index is 3.05. The number of nitrogens with zero attached hydrogens (tertiary/aromatic N) is 1. The smallest absolute Gasteiger partial charge is 0.0636 e. The van der Waals surface area contributed by atoms with Crippen LogP contribution in [0.15, 0.2) is 11.6 Å². The predicted octanol–water partition coefficient (Wildman–Crippen LogP) is 0.725. The molecule has 0 bridgehead atoms. The van der Waals surface area contributed by atoms with Gasteiger partial charge in [-0.05, 0) is 11.5 Å². The Bertz CT molecular complexity index is 112. The molecule has 0 aliphatic carbocycles. The monoisotopic (exact) mass is 100 g/mol. The van der Waals surface area contributed by atoms with E-state index in [1.807, 2.05) is 0 Å². The van der Waals surface area contributed by atoms with Crippen LogP contribution in [0.5, 0.6) is 0 Å². The molecule has 0 aliphatic rings. The van der Waals surface area contributed by atoms with Crippen LogP contribution < -0.4 is 5.73 Å². The van der Waals surface area contributed by atoms with E-state index in [0.29, 0.717) is 0 Å². The van der Waals surface area contributed by atoms with Gasteiger partial charge >= 0.3 is 0 Å². The van der Waals surface area contributed by atoms with Gasteiger partial charge < -0.3 is 5.73 Å². The minimum Gasteiger partial charge on any atom is -0.397 e. The summed E-state index contributed by atoms with van der Waals surface area (Å²) in [4.78, 5) is 0. The highest BCUT2D eigenvalue weighted by Crippen LogP contribution is 1.99. The Labute approximate surface area is 39.8 Å². The van der Waals surface area contributed by atoms with E-state index in [1.54, 1.807) is 11.6 Å². The lowest BCUT2D eigenvalue weighted by molar-refractivity contribution is 1.58. The maximum absolute atomic E-state index is 5.23. The van der Waals surface area contributed by atoms with Gasteiger partial charge in [-0.1, -0.05) is 0 Å². The zero-order valence-corrected chi connectivity index (χ0v) is 3.90. The summed E-state index contributed by atoms with van der Waals surface area (Å²) in [7, 11) is 0. The van der Waals surface area contributed by atoms with E-state index >= 15 is 0 Å². The van der Waals surface area contributed by atoms with E-state index in [1.165, 1.54) is 11.5 Å². The Morgan fingerprint density at radius 3 is 2.83 bits per heavy atom. The molecule has 32 valence electrons. The van der Waals surface area contributed by atoms with E-state index in [-0.39, 0.29) is 0 Å². The van der Waals surface area contributed by atoms with E-state index in [4.69, 9.17) is 5.73 Å². The standard InChI is InChI=1S/C3H4N2S/c4-3-1-5-6-2-3/h1-2H,4H2. The number of hydrogen-bond donors (Lipinski definition) is 1. The molecular formula is C3H4N2S. The first kappa shape index (κ1) is 3.61. The molecule has 2 nitrogen and oxygen atoms in total. The average Bonchev–Trinajstić information content (AvgIpc) is 1.86. The molecule has 0 aliphatic heterocycles. The summed E-state index contributed by atoms with van der Waals surface area (Å²) >= 11 is 1.36. The fraction of sp³-hybridized carbons (Fsp3) is 0. The first-order valence-corrected chi connectivity index (χ1v) is 2.38. The minimum absolute atomic E-state index is 0.750. The molecular weight excluding hydrogens is 96.1 g/mol. The van der Waals surface area contributed by atoms with Gasteiger partial charge in [-0.25, -0.2) is 0 Å². The Morgan fingerprint density at radius 2 is 2.67 bits per heavy atom. The fourth-order valence-corrected chi connectivity index (χ4v) is 0.639. The topological polar surface area (TPSA) is 38.9 Å². The van der Waals surface area contributed by atoms with Gasteiger partial charge in [0.15, 0.2) is 0 Å². The van der Waals surface area contributed by atoms with Gasteiger partial charge in [0.05, 0.1) is 11.9 Å². The largest absolute Gasteiger partial charge is 0.397 e. The number of aromatic nitrogens is 1. The second kappa shape index (κ2) is 1.26. The molecule has 1 aromatic rings. The van der Waals surface area contributed by atoms with Crippen LogP contribution in [0.25, 0.3) is 0 Å². The molecule has 6 heavy (non-hydrogen) atoms. The van der Waals surface area contributed by atoms with Crippen molar-refractivity contribution < 1.29 is 0 Å². The van der Waals surface area contributed by atoms with Gasteiger partial charge in [-0.2, -0.15) is 4.37 Å². The molecule has 0 aromatic carbocycles. The first-order valence-electron chi connectivity index (χ1n) is 1.54. The Morgan fingerprint density at radius 1 is 1.83 bits per heavy atom. The van der Waals surface area contributed by atoms with E-state index in [0.717, 1.165) is 5.69 Å². The van der Waals surface area contributed by atoms with Crippen LogP contribution in [-0.4, -0.2) is 4.37 Å². The quantitative estimate of drug-likeness (QED) is 0.522. The van der Waals surface area contributed by atoms with Crippen LogP contribution in [0.4, 0.5) is 5.69 Å².